The van der Waals surface area contributed by atoms with E-state index in [1.54, 1.807) is 22.2 Å². The molecule has 0 spiro atoms. The van der Waals surface area contributed by atoms with E-state index in [2.05, 4.69) is 20.6 Å². The van der Waals surface area contributed by atoms with E-state index in [4.69, 9.17) is 28.9 Å². The van der Waals surface area contributed by atoms with Crippen molar-refractivity contribution < 1.29 is 42.5 Å². The number of amides is 4. The molecule has 3 aliphatic heterocycles. The summed E-state index contributed by atoms with van der Waals surface area (Å²) in [5.41, 5.74) is 5.21. The van der Waals surface area contributed by atoms with Crippen LogP contribution in [0.25, 0.3) is 44.7 Å². The van der Waals surface area contributed by atoms with Gasteiger partial charge in [-0.2, -0.15) is 0 Å². The minimum absolute atomic E-state index is 0.160. The van der Waals surface area contributed by atoms with E-state index in [-0.39, 0.29) is 35.7 Å². The Morgan fingerprint density at radius 3 is 1.96 bits per heavy atom. The standard InChI is InChI=1S/C52H60FN9O8/c1-8-20-69-34-13-9-12-31(22-34)50-62-38-17-16-30(36-26-54-46(56-36)39-14-10-18-60(39)48(63)44(28(2)3)58-51(65)67-6)21-33(38)24-41(62)43-35(53)23-32(25-42(43)70-50)37-27-55-47(57-37)40-15-11-19-61(40)49(64)45(29(4)5)59-52(66)68-7/h9,12-13,16-17,21-29,39-40,44-45,50H,8,10-11,14-15,18-20H2,1-7H3,(H,54,56)(H,55,57)(H,58,65)(H,59,66). The number of carbonyl (C=O) groups excluding carboxylic acids is 4. The summed E-state index contributed by atoms with van der Waals surface area (Å²) in [7, 11) is 2.54. The molecule has 2 saturated heterocycles. The minimum Gasteiger partial charge on any atom is -0.494 e. The molecule has 5 atom stereocenters. The van der Waals surface area contributed by atoms with Crippen LogP contribution < -0.4 is 20.1 Å². The van der Waals surface area contributed by atoms with E-state index in [9.17, 15) is 19.2 Å². The molecular weight excluding hydrogens is 898 g/mol. The van der Waals surface area contributed by atoms with E-state index in [0.717, 1.165) is 47.0 Å². The number of methoxy groups -OCH3 is 2. The van der Waals surface area contributed by atoms with Crippen molar-refractivity contribution in [2.24, 2.45) is 11.8 Å². The molecule has 18 heteroatoms. The van der Waals surface area contributed by atoms with Crippen LogP contribution in [0.1, 0.15) is 102 Å². The van der Waals surface area contributed by atoms with Gasteiger partial charge >= 0.3 is 12.2 Å². The van der Waals surface area contributed by atoms with Crippen molar-refractivity contribution in [1.29, 1.82) is 0 Å². The molecule has 9 rings (SSSR count). The Balaban J connectivity index is 1.05. The van der Waals surface area contributed by atoms with Crippen LogP contribution in [0.5, 0.6) is 11.5 Å². The molecule has 0 saturated carbocycles. The largest absolute Gasteiger partial charge is 0.494 e. The molecule has 0 radical (unpaired) electrons. The number of imidazole rings is 2. The van der Waals surface area contributed by atoms with Crippen molar-refractivity contribution >= 4 is 34.9 Å². The first-order valence-electron chi connectivity index (χ1n) is 24.1. The number of hydrogen-bond acceptors (Lipinski definition) is 10. The van der Waals surface area contributed by atoms with Gasteiger partial charge < -0.3 is 53.9 Å². The SMILES string of the molecule is CCCOc1cccc(C2Oc3cc(-c4cnc(C5CCCN5C(=O)C(NC(=O)OC)C(C)C)[nH]4)cc(F)c3-c3cc4cc(-c5cnc(C6CCCN6C(=O)C(NC(=O)OC)C(C)C)[nH]5)ccc4n32)c1. The summed E-state index contributed by atoms with van der Waals surface area (Å²) < 4.78 is 41.5. The zero-order valence-corrected chi connectivity index (χ0v) is 40.5. The monoisotopic (exact) mass is 957 g/mol. The number of aromatic nitrogens is 5. The van der Waals surface area contributed by atoms with Gasteiger partial charge in [-0.1, -0.05) is 52.8 Å². The number of aromatic amines is 2. The Labute approximate surface area is 405 Å². The predicted octanol–water partition coefficient (Wildman–Crippen LogP) is 9.04. The lowest BCUT2D eigenvalue weighted by Crippen LogP contribution is -2.51. The fourth-order valence-electron chi connectivity index (χ4n) is 9.99. The zero-order chi connectivity index (χ0) is 49.4. The summed E-state index contributed by atoms with van der Waals surface area (Å²) >= 11 is 0. The van der Waals surface area contributed by atoms with Gasteiger partial charge in [0.15, 0.2) is 0 Å². The lowest BCUT2D eigenvalue weighted by molar-refractivity contribution is -0.136. The number of carbonyl (C=O) groups is 4. The van der Waals surface area contributed by atoms with Gasteiger partial charge in [0, 0.05) is 35.2 Å². The van der Waals surface area contributed by atoms with Crippen molar-refractivity contribution in [3.8, 4) is 45.3 Å². The number of benzene rings is 3. The molecule has 70 heavy (non-hydrogen) atoms. The molecule has 3 aliphatic rings. The maximum absolute atomic E-state index is 17.0. The van der Waals surface area contributed by atoms with Gasteiger partial charge in [0.1, 0.15) is 41.0 Å². The Bertz CT molecular complexity index is 2920. The highest BCUT2D eigenvalue weighted by molar-refractivity contribution is 5.93. The molecule has 3 aromatic carbocycles. The van der Waals surface area contributed by atoms with Crippen molar-refractivity contribution in [1.82, 2.24) is 44.9 Å². The number of nitrogens with zero attached hydrogens (tertiary/aromatic N) is 5. The maximum atomic E-state index is 17.0. The Morgan fingerprint density at radius 2 is 1.39 bits per heavy atom. The summed E-state index contributed by atoms with van der Waals surface area (Å²) in [5.74, 6) is 0.988. The average Bonchev–Trinajstić information content (AvgIpc) is 4.22. The smallest absolute Gasteiger partial charge is 0.407 e. The van der Waals surface area contributed by atoms with Crippen LogP contribution in [0, 0.1) is 17.7 Å². The third-order valence-corrected chi connectivity index (χ3v) is 13.5. The first-order valence-corrected chi connectivity index (χ1v) is 24.1. The second-order valence-corrected chi connectivity index (χ2v) is 18.9. The highest BCUT2D eigenvalue weighted by Crippen LogP contribution is 2.48. The van der Waals surface area contributed by atoms with E-state index in [0.29, 0.717) is 78.2 Å². The topological polar surface area (TPSA) is 198 Å². The van der Waals surface area contributed by atoms with Gasteiger partial charge in [-0.3, -0.25) is 9.59 Å². The van der Waals surface area contributed by atoms with Crippen LogP contribution in [0.2, 0.25) is 0 Å². The third kappa shape index (κ3) is 9.13. The van der Waals surface area contributed by atoms with Crippen LogP contribution in [-0.2, 0) is 19.1 Å². The molecule has 0 aliphatic carbocycles. The summed E-state index contributed by atoms with van der Waals surface area (Å²) in [6.45, 7) is 11.1. The maximum Gasteiger partial charge on any atom is 0.407 e. The van der Waals surface area contributed by atoms with Crippen molar-refractivity contribution in [3.63, 3.8) is 0 Å². The number of rotatable bonds is 14. The Morgan fingerprint density at radius 1 is 0.786 bits per heavy atom. The van der Waals surface area contributed by atoms with Crippen LogP contribution in [-0.4, -0.2) is 104 Å². The molecule has 5 unspecified atom stereocenters. The molecule has 368 valence electrons. The first-order chi connectivity index (χ1) is 33.8. The quantitative estimate of drug-likeness (QED) is 0.0817. The number of alkyl carbamates (subject to hydrolysis) is 2. The number of ether oxygens (including phenoxy) is 4. The first kappa shape index (κ1) is 47.7. The lowest BCUT2D eigenvalue weighted by atomic mass is 10.0. The van der Waals surface area contributed by atoms with Crippen LogP contribution in [0.15, 0.2) is 73.1 Å². The highest BCUT2D eigenvalue weighted by atomic mass is 19.1. The van der Waals surface area contributed by atoms with Gasteiger partial charge in [-0.25, -0.2) is 23.9 Å². The highest BCUT2D eigenvalue weighted by Gasteiger charge is 2.40. The molecule has 4 amide bonds. The summed E-state index contributed by atoms with van der Waals surface area (Å²) in [6.07, 6.45) is 5.12. The minimum atomic E-state index is -0.781. The Hall–Kier alpha value is -7.37. The average molecular weight is 958 g/mol. The molecule has 3 aromatic heterocycles. The number of halogens is 1. The number of likely N-dealkylation sites (tertiary alicyclic amines) is 2. The fraction of sp³-hybridized carbons (Fsp3) is 0.423. The lowest BCUT2D eigenvalue weighted by Gasteiger charge is -2.31. The molecule has 0 bridgehead atoms. The molecule has 2 fully saturated rings. The van der Waals surface area contributed by atoms with Crippen molar-refractivity contribution in [3.05, 3.63) is 96.1 Å². The van der Waals surface area contributed by atoms with Crippen LogP contribution in [0.3, 0.4) is 0 Å². The molecule has 6 heterocycles. The number of hydrogen-bond donors (Lipinski definition) is 4. The van der Waals surface area contributed by atoms with Crippen LogP contribution >= 0.6 is 0 Å². The number of H-pyrrole nitrogens is 2. The van der Waals surface area contributed by atoms with E-state index >= 15 is 4.39 Å². The fourth-order valence-corrected chi connectivity index (χ4v) is 9.99. The second-order valence-electron chi connectivity index (χ2n) is 18.9. The van der Waals surface area contributed by atoms with Gasteiger partial charge in [0.05, 0.1) is 73.5 Å². The van der Waals surface area contributed by atoms with Gasteiger partial charge in [0.2, 0.25) is 18.0 Å². The van der Waals surface area contributed by atoms with Gasteiger partial charge in [-0.15, -0.1) is 0 Å². The van der Waals surface area contributed by atoms with Crippen LogP contribution in [0.4, 0.5) is 14.0 Å². The van der Waals surface area contributed by atoms with Gasteiger partial charge in [0.25, 0.3) is 0 Å². The molecule has 17 nitrogen and oxygen atoms in total. The van der Waals surface area contributed by atoms with E-state index in [1.807, 2.05) is 93.8 Å². The Kier molecular flexibility index (Phi) is 13.6. The summed E-state index contributed by atoms with van der Waals surface area (Å²) in [4.78, 5) is 71.8. The number of fused-ring (bicyclic) bond motifs is 5. The second kappa shape index (κ2) is 19.9. The molecule has 6 aromatic rings. The zero-order valence-electron chi connectivity index (χ0n) is 40.5. The predicted molar refractivity (Wildman–Crippen MR) is 259 cm³/mol. The van der Waals surface area contributed by atoms with Crippen molar-refractivity contribution in [2.45, 2.75) is 97.1 Å². The molecular formula is C52H60FN9O8. The summed E-state index contributed by atoms with van der Waals surface area (Å²) in [6, 6.07) is 16.8. The third-order valence-electron chi connectivity index (χ3n) is 13.5. The van der Waals surface area contributed by atoms with E-state index < -0.39 is 36.3 Å². The molecule has 4 N–H and O–H groups in total. The summed E-state index contributed by atoms with van der Waals surface area (Å²) in [5, 5.41) is 6.23. The van der Waals surface area contributed by atoms with Crippen molar-refractivity contribution in [2.75, 3.05) is 33.9 Å². The number of nitrogens with one attached hydrogen (secondary N) is 4. The van der Waals surface area contributed by atoms with E-state index in [1.165, 1.54) is 20.3 Å². The van der Waals surface area contributed by atoms with Gasteiger partial charge in [-0.05, 0) is 86.4 Å². The normalized spacial score (nSPS) is 18.3.